The molecule has 3 rings (SSSR count). The zero-order chi connectivity index (χ0) is 21.7. The molecule has 30 heavy (non-hydrogen) atoms. The Morgan fingerprint density at radius 2 is 1.93 bits per heavy atom. The van der Waals surface area contributed by atoms with E-state index >= 15 is 0 Å². The summed E-state index contributed by atoms with van der Waals surface area (Å²) in [6, 6.07) is 14.6. The van der Waals surface area contributed by atoms with Crippen LogP contribution in [0.15, 0.2) is 48.5 Å². The molecular formula is C22H27N3O4S. The largest absolute Gasteiger partial charge is 0.350 e. The summed E-state index contributed by atoms with van der Waals surface area (Å²) in [4.78, 5) is 26.3. The Balaban J connectivity index is 1.69. The summed E-state index contributed by atoms with van der Waals surface area (Å²) >= 11 is 0. The molecule has 8 heteroatoms. The lowest BCUT2D eigenvalue weighted by molar-refractivity contribution is -0.120. The molecule has 1 N–H and O–H groups in total. The molecule has 0 spiro atoms. The second kappa shape index (κ2) is 9.30. The fraction of sp³-hybridized carbons (Fsp3) is 0.364. The number of rotatable bonds is 8. The first-order chi connectivity index (χ1) is 14.3. The van der Waals surface area contributed by atoms with E-state index in [9.17, 15) is 18.0 Å². The number of sulfonamides is 1. The number of amides is 2. The predicted molar refractivity (Wildman–Crippen MR) is 118 cm³/mol. The summed E-state index contributed by atoms with van der Waals surface area (Å²) in [5, 5.41) is 2.79. The molecule has 0 saturated carbocycles. The number of carbonyl (C=O) groups excluding carboxylic acids is 2. The second-order valence-electron chi connectivity index (χ2n) is 7.35. The Labute approximate surface area is 177 Å². The normalized spacial score (nSPS) is 14.1. The van der Waals surface area contributed by atoms with Crippen LogP contribution in [0.2, 0.25) is 0 Å². The van der Waals surface area contributed by atoms with Crippen LogP contribution < -0.4 is 14.5 Å². The van der Waals surface area contributed by atoms with Gasteiger partial charge in [-0.1, -0.05) is 37.3 Å². The monoisotopic (exact) mass is 429 g/mol. The Morgan fingerprint density at radius 3 is 2.60 bits per heavy atom. The maximum Gasteiger partial charge on any atom is 0.241 e. The van der Waals surface area contributed by atoms with Crippen molar-refractivity contribution in [1.82, 2.24) is 5.32 Å². The summed E-state index contributed by atoms with van der Waals surface area (Å²) in [5.41, 5.74) is 3.05. The van der Waals surface area contributed by atoms with Crippen LogP contribution in [0.3, 0.4) is 0 Å². The lowest BCUT2D eigenvalue weighted by Gasteiger charge is -2.24. The SMILES string of the molecule is CCc1ccccc1N(CC(=O)NCc1cccc(N2CCCC2=O)c1)S(C)(=O)=O. The van der Waals surface area contributed by atoms with Crippen molar-refractivity contribution in [1.29, 1.82) is 0 Å². The predicted octanol–water partition coefficient (Wildman–Crippen LogP) is 2.46. The molecule has 0 unspecified atom stereocenters. The molecule has 1 fully saturated rings. The highest BCUT2D eigenvalue weighted by Gasteiger charge is 2.23. The van der Waals surface area contributed by atoms with Gasteiger partial charge in [-0.05, 0) is 42.2 Å². The number of nitrogens with zero attached hydrogens (tertiary/aromatic N) is 2. The van der Waals surface area contributed by atoms with Crippen molar-refractivity contribution in [2.45, 2.75) is 32.7 Å². The van der Waals surface area contributed by atoms with Crippen LogP contribution >= 0.6 is 0 Å². The molecule has 2 aromatic carbocycles. The molecule has 1 aliphatic heterocycles. The smallest absolute Gasteiger partial charge is 0.241 e. The van der Waals surface area contributed by atoms with Crippen molar-refractivity contribution in [2.24, 2.45) is 0 Å². The maximum atomic E-state index is 12.6. The van der Waals surface area contributed by atoms with Crippen LogP contribution in [0.1, 0.15) is 30.9 Å². The Kier molecular flexibility index (Phi) is 6.77. The zero-order valence-corrected chi connectivity index (χ0v) is 18.1. The maximum absolute atomic E-state index is 12.6. The van der Waals surface area contributed by atoms with E-state index in [1.54, 1.807) is 17.0 Å². The van der Waals surface area contributed by atoms with E-state index in [0.717, 1.165) is 33.8 Å². The van der Waals surface area contributed by atoms with Crippen molar-refractivity contribution >= 4 is 33.2 Å². The quantitative estimate of drug-likeness (QED) is 0.698. The van der Waals surface area contributed by atoms with Crippen LogP contribution in [-0.2, 0) is 32.6 Å². The molecule has 0 atom stereocenters. The highest BCUT2D eigenvalue weighted by atomic mass is 32.2. The van der Waals surface area contributed by atoms with Gasteiger partial charge in [0.05, 0.1) is 11.9 Å². The van der Waals surface area contributed by atoms with Crippen LogP contribution in [0.4, 0.5) is 11.4 Å². The van der Waals surface area contributed by atoms with E-state index in [1.807, 2.05) is 43.3 Å². The van der Waals surface area contributed by atoms with Crippen LogP contribution in [0.25, 0.3) is 0 Å². The van der Waals surface area contributed by atoms with Gasteiger partial charge in [0.25, 0.3) is 0 Å². The molecule has 0 aromatic heterocycles. The Morgan fingerprint density at radius 1 is 1.17 bits per heavy atom. The average molecular weight is 430 g/mol. The van der Waals surface area contributed by atoms with Crippen molar-refractivity contribution in [3.8, 4) is 0 Å². The van der Waals surface area contributed by atoms with Gasteiger partial charge in [0.15, 0.2) is 0 Å². The number of carbonyl (C=O) groups is 2. The van der Waals surface area contributed by atoms with E-state index in [-0.39, 0.29) is 19.0 Å². The minimum Gasteiger partial charge on any atom is -0.350 e. The minimum absolute atomic E-state index is 0.106. The van der Waals surface area contributed by atoms with Crippen molar-refractivity contribution in [3.63, 3.8) is 0 Å². The summed E-state index contributed by atoms with van der Waals surface area (Å²) in [6.07, 6.45) is 3.16. The van der Waals surface area contributed by atoms with Gasteiger partial charge in [0.2, 0.25) is 21.8 Å². The fourth-order valence-corrected chi connectivity index (χ4v) is 4.46. The molecule has 0 radical (unpaired) electrons. The van der Waals surface area contributed by atoms with Crippen molar-refractivity contribution in [2.75, 3.05) is 28.6 Å². The van der Waals surface area contributed by atoms with Gasteiger partial charge in [0, 0.05) is 25.2 Å². The van der Waals surface area contributed by atoms with E-state index in [1.165, 1.54) is 0 Å². The van der Waals surface area contributed by atoms with Crippen LogP contribution in [-0.4, -0.2) is 39.6 Å². The van der Waals surface area contributed by atoms with Crippen molar-refractivity contribution < 1.29 is 18.0 Å². The van der Waals surface area contributed by atoms with Crippen molar-refractivity contribution in [3.05, 3.63) is 59.7 Å². The summed E-state index contributed by atoms with van der Waals surface area (Å²) in [7, 11) is -3.62. The zero-order valence-electron chi connectivity index (χ0n) is 17.3. The molecule has 160 valence electrons. The summed E-state index contributed by atoms with van der Waals surface area (Å²) in [5.74, 6) is -0.288. The third kappa shape index (κ3) is 5.18. The van der Waals surface area contributed by atoms with Crippen LogP contribution in [0.5, 0.6) is 0 Å². The highest BCUT2D eigenvalue weighted by Crippen LogP contribution is 2.24. The lowest BCUT2D eigenvalue weighted by Crippen LogP contribution is -2.40. The van der Waals surface area contributed by atoms with Gasteiger partial charge in [-0.3, -0.25) is 13.9 Å². The second-order valence-corrected chi connectivity index (χ2v) is 9.25. The molecule has 2 amide bonds. The number of benzene rings is 2. The summed E-state index contributed by atoms with van der Waals surface area (Å²) < 4.78 is 25.8. The molecule has 2 aromatic rings. The van der Waals surface area contributed by atoms with E-state index < -0.39 is 15.9 Å². The molecule has 0 bridgehead atoms. The van der Waals surface area contributed by atoms with E-state index in [0.29, 0.717) is 25.1 Å². The van der Waals surface area contributed by atoms with Crippen LogP contribution in [0, 0.1) is 0 Å². The van der Waals surface area contributed by atoms with Gasteiger partial charge in [-0.25, -0.2) is 8.42 Å². The fourth-order valence-electron chi connectivity index (χ4n) is 3.58. The Bertz CT molecular complexity index is 1040. The molecule has 1 saturated heterocycles. The third-order valence-electron chi connectivity index (χ3n) is 5.11. The van der Waals surface area contributed by atoms with Gasteiger partial charge in [-0.2, -0.15) is 0 Å². The first-order valence-corrected chi connectivity index (χ1v) is 11.9. The number of aryl methyl sites for hydroxylation is 1. The van der Waals surface area contributed by atoms with Gasteiger partial charge in [-0.15, -0.1) is 0 Å². The topological polar surface area (TPSA) is 86.8 Å². The number of hydrogen-bond donors (Lipinski definition) is 1. The molecule has 1 aliphatic rings. The van der Waals surface area contributed by atoms with E-state index in [2.05, 4.69) is 5.32 Å². The van der Waals surface area contributed by atoms with E-state index in [4.69, 9.17) is 0 Å². The molecular weight excluding hydrogens is 402 g/mol. The average Bonchev–Trinajstić information content (AvgIpc) is 3.16. The number of nitrogens with one attached hydrogen (secondary N) is 1. The van der Waals surface area contributed by atoms with Gasteiger partial charge in [0.1, 0.15) is 6.54 Å². The first kappa shape index (κ1) is 21.8. The number of anilines is 2. The Hall–Kier alpha value is -2.87. The number of hydrogen-bond acceptors (Lipinski definition) is 4. The minimum atomic E-state index is -3.62. The van der Waals surface area contributed by atoms with Gasteiger partial charge < -0.3 is 10.2 Å². The molecule has 7 nitrogen and oxygen atoms in total. The highest BCUT2D eigenvalue weighted by molar-refractivity contribution is 7.92. The molecule has 1 heterocycles. The lowest BCUT2D eigenvalue weighted by atomic mass is 10.1. The third-order valence-corrected chi connectivity index (χ3v) is 6.24. The standard InChI is InChI=1S/C22H27N3O4S/c1-3-18-9-4-5-11-20(18)25(30(2,28)29)16-21(26)23-15-17-8-6-10-19(14-17)24-13-7-12-22(24)27/h4-6,8-11,14H,3,7,12-13,15-16H2,1-2H3,(H,23,26). The molecule has 0 aliphatic carbocycles. The first-order valence-electron chi connectivity index (χ1n) is 10.0. The number of para-hydroxylation sites is 1. The van der Waals surface area contributed by atoms with Gasteiger partial charge >= 0.3 is 0 Å². The summed E-state index contributed by atoms with van der Waals surface area (Å²) in [6.45, 7) is 2.61.